The maximum absolute atomic E-state index is 12.3. The fourth-order valence-electron chi connectivity index (χ4n) is 3.09. The number of aromatic nitrogens is 1. The number of hydrogen-bond donors (Lipinski definition) is 1. The van der Waals surface area contributed by atoms with E-state index < -0.39 is 0 Å². The number of nitrogens with one attached hydrogen (secondary N) is 1. The molecule has 0 aliphatic carbocycles. The summed E-state index contributed by atoms with van der Waals surface area (Å²) in [4.78, 5) is 18.7. The van der Waals surface area contributed by atoms with E-state index in [2.05, 4.69) is 15.2 Å². The summed E-state index contributed by atoms with van der Waals surface area (Å²) in [5, 5.41) is 4.18. The average molecular weight is 378 g/mol. The van der Waals surface area contributed by atoms with Gasteiger partial charge >= 0.3 is 0 Å². The van der Waals surface area contributed by atoms with Crippen LogP contribution < -0.4 is 5.32 Å². The Balaban J connectivity index is 1.44. The number of nitrogens with zero attached hydrogens (tertiary/aromatic N) is 2. The summed E-state index contributed by atoms with van der Waals surface area (Å²) in [6, 6.07) is 9.59. The highest BCUT2D eigenvalue weighted by Crippen LogP contribution is 2.25. The zero-order chi connectivity index (χ0) is 17.6. The van der Waals surface area contributed by atoms with E-state index in [1.54, 1.807) is 12.4 Å². The Hall–Kier alpha value is -1.62. The Kier molecular flexibility index (Phi) is 6.29. The van der Waals surface area contributed by atoms with Gasteiger partial charge in [0, 0.05) is 31.4 Å². The lowest BCUT2D eigenvalue weighted by Gasteiger charge is -2.31. The van der Waals surface area contributed by atoms with Gasteiger partial charge in [-0.3, -0.25) is 14.7 Å². The lowest BCUT2D eigenvalue weighted by atomic mass is 9.95. The van der Waals surface area contributed by atoms with Gasteiger partial charge in [0.25, 0.3) is 0 Å². The maximum atomic E-state index is 12.3. The summed E-state index contributed by atoms with van der Waals surface area (Å²) in [5.74, 6) is 0.222. The Morgan fingerprint density at radius 1 is 1.16 bits per heavy atom. The second-order valence-corrected chi connectivity index (χ2v) is 7.19. The second kappa shape index (κ2) is 8.65. The monoisotopic (exact) mass is 377 g/mol. The van der Waals surface area contributed by atoms with Crippen molar-refractivity contribution in [2.45, 2.75) is 25.9 Å². The van der Waals surface area contributed by atoms with Crippen molar-refractivity contribution in [2.24, 2.45) is 5.92 Å². The van der Waals surface area contributed by atoms with Crippen LogP contribution in [0.15, 0.2) is 42.7 Å². The molecule has 1 aromatic carbocycles. The SMILES string of the molecule is O=C(NCc1cccnc1)C1CCN(Cc2ccc(Cl)c(Cl)c2)CC1. The number of hydrogen-bond acceptors (Lipinski definition) is 3. The third-order valence-electron chi connectivity index (χ3n) is 4.54. The van der Waals surface area contributed by atoms with Gasteiger partial charge in [0.2, 0.25) is 5.91 Å². The molecule has 2 aromatic rings. The summed E-state index contributed by atoms with van der Waals surface area (Å²) in [7, 11) is 0. The van der Waals surface area contributed by atoms with Gasteiger partial charge < -0.3 is 5.32 Å². The first-order chi connectivity index (χ1) is 12.1. The van der Waals surface area contributed by atoms with Crippen LogP contribution in [-0.4, -0.2) is 28.9 Å². The van der Waals surface area contributed by atoms with Gasteiger partial charge in [-0.2, -0.15) is 0 Å². The van der Waals surface area contributed by atoms with E-state index in [9.17, 15) is 4.79 Å². The lowest BCUT2D eigenvalue weighted by molar-refractivity contribution is -0.126. The molecule has 6 heteroatoms. The van der Waals surface area contributed by atoms with Crippen LogP contribution in [-0.2, 0) is 17.9 Å². The molecule has 3 rings (SSSR count). The molecule has 1 amide bonds. The highest BCUT2D eigenvalue weighted by molar-refractivity contribution is 6.42. The first-order valence-electron chi connectivity index (χ1n) is 8.45. The van der Waals surface area contributed by atoms with E-state index in [-0.39, 0.29) is 11.8 Å². The lowest BCUT2D eigenvalue weighted by Crippen LogP contribution is -2.40. The van der Waals surface area contributed by atoms with Crippen LogP contribution in [0.3, 0.4) is 0 Å². The van der Waals surface area contributed by atoms with Gasteiger partial charge in [-0.05, 0) is 55.3 Å². The Bertz CT molecular complexity index is 716. The molecule has 1 N–H and O–H groups in total. The van der Waals surface area contributed by atoms with E-state index in [4.69, 9.17) is 23.2 Å². The Morgan fingerprint density at radius 3 is 2.64 bits per heavy atom. The third kappa shape index (κ3) is 5.18. The molecule has 0 atom stereocenters. The molecule has 2 heterocycles. The molecule has 0 saturated carbocycles. The highest BCUT2D eigenvalue weighted by atomic mass is 35.5. The van der Waals surface area contributed by atoms with Crippen molar-refractivity contribution < 1.29 is 4.79 Å². The molecule has 132 valence electrons. The summed E-state index contributed by atoms with van der Waals surface area (Å²) in [6.07, 6.45) is 5.26. The summed E-state index contributed by atoms with van der Waals surface area (Å²) < 4.78 is 0. The van der Waals surface area contributed by atoms with Gasteiger partial charge in [-0.1, -0.05) is 35.3 Å². The van der Waals surface area contributed by atoms with Gasteiger partial charge in [-0.15, -0.1) is 0 Å². The average Bonchev–Trinajstić information content (AvgIpc) is 2.64. The van der Waals surface area contributed by atoms with Crippen molar-refractivity contribution >= 4 is 29.1 Å². The fraction of sp³-hybridized carbons (Fsp3) is 0.368. The van der Waals surface area contributed by atoms with Crippen molar-refractivity contribution in [3.05, 3.63) is 63.9 Å². The van der Waals surface area contributed by atoms with Gasteiger partial charge in [-0.25, -0.2) is 0 Å². The van der Waals surface area contributed by atoms with Crippen LogP contribution in [0.4, 0.5) is 0 Å². The van der Waals surface area contributed by atoms with Crippen molar-refractivity contribution in [3.8, 4) is 0 Å². The molecule has 1 fully saturated rings. The number of benzene rings is 1. The molecular weight excluding hydrogens is 357 g/mol. The number of likely N-dealkylation sites (tertiary alicyclic amines) is 1. The van der Waals surface area contributed by atoms with E-state index in [1.165, 1.54) is 0 Å². The van der Waals surface area contributed by atoms with E-state index in [0.29, 0.717) is 16.6 Å². The summed E-state index contributed by atoms with van der Waals surface area (Å²) in [5.41, 5.74) is 2.17. The maximum Gasteiger partial charge on any atom is 0.223 e. The van der Waals surface area contributed by atoms with Crippen molar-refractivity contribution in [3.63, 3.8) is 0 Å². The number of amides is 1. The molecular formula is C19H21Cl2N3O. The summed E-state index contributed by atoms with van der Waals surface area (Å²) >= 11 is 12.0. The normalized spacial score (nSPS) is 15.9. The molecule has 0 bridgehead atoms. The Labute approximate surface area is 158 Å². The van der Waals surface area contributed by atoms with E-state index >= 15 is 0 Å². The first kappa shape index (κ1) is 18.2. The van der Waals surface area contributed by atoms with Crippen molar-refractivity contribution in [2.75, 3.05) is 13.1 Å². The van der Waals surface area contributed by atoms with Crippen molar-refractivity contribution in [1.29, 1.82) is 0 Å². The number of rotatable bonds is 5. The molecule has 1 aromatic heterocycles. The third-order valence-corrected chi connectivity index (χ3v) is 5.28. The molecule has 4 nitrogen and oxygen atoms in total. The molecule has 0 radical (unpaired) electrons. The number of halogens is 2. The molecule has 1 aliphatic rings. The minimum absolute atomic E-state index is 0.0849. The second-order valence-electron chi connectivity index (χ2n) is 6.38. The van der Waals surface area contributed by atoms with Gasteiger partial charge in [0.05, 0.1) is 10.0 Å². The number of carbonyl (C=O) groups is 1. The molecule has 1 saturated heterocycles. The molecule has 1 aliphatic heterocycles. The highest BCUT2D eigenvalue weighted by Gasteiger charge is 2.24. The number of carbonyl (C=O) groups excluding carboxylic acids is 1. The smallest absolute Gasteiger partial charge is 0.223 e. The predicted molar refractivity (Wildman–Crippen MR) is 101 cm³/mol. The van der Waals surface area contributed by atoms with E-state index in [1.807, 2.05) is 30.3 Å². The fourth-order valence-corrected chi connectivity index (χ4v) is 3.41. The van der Waals surface area contributed by atoms with Crippen LogP contribution >= 0.6 is 23.2 Å². The molecule has 0 spiro atoms. The Morgan fingerprint density at radius 2 is 1.96 bits per heavy atom. The van der Waals surface area contributed by atoms with Crippen LogP contribution in [0, 0.1) is 5.92 Å². The number of piperidine rings is 1. The topological polar surface area (TPSA) is 45.2 Å². The zero-order valence-electron chi connectivity index (χ0n) is 13.9. The van der Waals surface area contributed by atoms with Crippen LogP contribution in [0.1, 0.15) is 24.0 Å². The van der Waals surface area contributed by atoms with Gasteiger partial charge in [0.1, 0.15) is 0 Å². The minimum Gasteiger partial charge on any atom is -0.352 e. The van der Waals surface area contributed by atoms with Crippen LogP contribution in [0.2, 0.25) is 10.0 Å². The first-order valence-corrected chi connectivity index (χ1v) is 9.20. The van der Waals surface area contributed by atoms with Crippen LogP contribution in [0.5, 0.6) is 0 Å². The minimum atomic E-state index is 0.0849. The largest absolute Gasteiger partial charge is 0.352 e. The van der Waals surface area contributed by atoms with Gasteiger partial charge in [0.15, 0.2) is 0 Å². The molecule has 0 unspecified atom stereocenters. The summed E-state index contributed by atoms with van der Waals surface area (Å²) in [6.45, 7) is 3.19. The zero-order valence-corrected chi connectivity index (χ0v) is 15.4. The quantitative estimate of drug-likeness (QED) is 0.858. The standard InChI is InChI=1S/C19H21Cl2N3O/c20-17-4-3-14(10-18(17)21)13-24-8-5-16(6-9-24)19(25)23-12-15-2-1-7-22-11-15/h1-4,7,10-11,16H,5-6,8-9,12-13H2,(H,23,25). The van der Waals surface area contributed by atoms with Crippen LogP contribution in [0.25, 0.3) is 0 Å². The number of pyridine rings is 1. The van der Waals surface area contributed by atoms with Crippen molar-refractivity contribution in [1.82, 2.24) is 15.2 Å². The van der Waals surface area contributed by atoms with E-state index in [0.717, 1.165) is 43.6 Å². The molecule has 25 heavy (non-hydrogen) atoms. The predicted octanol–water partition coefficient (Wildman–Crippen LogP) is 3.92.